The highest BCUT2D eigenvalue weighted by molar-refractivity contribution is 5.86. The van der Waals surface area contributed by atoms with E-state index in [1.54, 1.807) is 6.92 Å². The van der Waals surface area contributed by atoms with Crippen LogP contribution < -0.4 is 0 Å². The highest BCUT2D eigenvalue weighted by Crippen LogP contribution is 2.08. The third-order valence-electron chi connectivity index (χ3n) is 5.18. The molecule has 0 aliphatic heterocycles. The summed E-state index contributed by atoms with van der Waals surface area (Å²) in [5.74, 6) is -0.403. The average Bonchev–Trinajstić information content (AvgIpc) is 2.89. The lowest BCUT2D eigenvalue weighted by Crippen LogP contribution is -2.15. The quantitative estimate of drug-likeness (QED) is 0.0731. The zero-order valence-corrected chi connectivity index (χ0v) is 23.6. The summed E-state index contributed by atoms with van der Waals surface area (Å²) in [6, 6.07) is 0. The first kappa shape index (κ1) is 35.9. The molecule has 0 radical (unpaired) electrons. The van der Waals surface area contributed by atoms with E-state index in [0.29, 0.717) is 91.5 Å². The van der Waals surface area contributed by atoms with Crippen LogP contribution in [0.3, 0.4) is 0 Å². The molecule has 9 nitrogen and oxygen atoms in total. The molecule has 0 unspecified atom stereocenters. The van der Waals surface area contributed by atoms with Gasteiger partial charge in [-0.15, -0.1) is 0 Å². The molecule has 0 fully saturated rings. The van der Waals surface area contributed by atoms with Gasteiger partial charge in [-0.05, 0) is 13.3 Å². The fourth-order valence-electron chi connectivity index (χ4n) is 3.08. The second kappa shape index (κ2) is 31.1. The maximum absolute atomic E-state index is 11.2. The first-order valence-corrected chi connectivity index (χ1v) is 14.0. The molecule has 0 aromatic heterocycles. The average molecular weight is 535 g/mol. The molecule has 0 saturated carbocycles. The van der Waals surface area contributed by atoms with Crippen molar-refractivity contribution in [2.45, 2.75) is 65.2 Å². The smallest absolute Gasteiger partial charge is 0.333 e. The van der Waals surface area contributed by atoms with Crippen molar-refractivity contribution in [3.05, 3.63) is 12.2 Å². The van der Waals surface area contributed by atoms with Crippen molar-refractivity contribution in [2.75, 3.05) is 99.1 Å². The summed E-state index contributed by atoms with van der Waals surface area (Å²) < 4.78 is 43.1. The van der Waals surface area contributed by atoms with Gasteiger partial charge in [0.05, 0.1) is 85.9 Å². The molecule has 220 valence electrons. The van der Waals surface area contributed by atoms with Crippen LogP contribution >= 0.6 is 0 Å². The molecule has 0 aromatic carbocycles. The highest BCUT2D eigenvalue weighted by Gasteiger charge is 2.01. The van der Waals surface area contributed by atoms with Crippen molar-refractivity contribution in [1.29, 1.82) is 0 Å². The lowest BCUT2D eigenvalue weighted by molar-refractivity contribution is -0.140. The molecule has 0 aliphatic rings. The van der Waals surface area contributed by atoms with Gasteiger partial charge in [0.15, 0.2) is 0 Å². The van der Waals surface area contributed by atoms with Gasteiger partial charge in [0.1, 0.15) is 6.61 Å². The lowest BCUT2D eigenvalue weighted by Gasteiger charge is -2.08. The van der Waals surface area contributed by atoms with Gasteiger partial charge in [-0.25, -0.2) is 4.79 Å². The minimum atomic E-state index is -0.403. The number of ether oxygens (including phenoxy) is 8. The van der Waals surface area contributed by atoms with E-state index in [1.807, 2.05) is 0 Å². The molecule has 0 atom stereocenters. The number of carbonyl (C=O) groups is 1. The van der Waals surface area contributed by atoms with Crippen LogP contribution in [0.25, 0.3) is 0 Å². The van der Waals surface area contributed by atoms with Gasteiger partial charge >= 0.3 is 5.97 Å². The van der Waals surface area contributed by atoms with Crippen molar-refractivity contribution < 1.29 is 42.7 Å². The third-order valence-corrected chi connectivity index (χ3v) is 5.18. The SMILES string of the molecule is C=C(C)C(=O)OCCOCCOCCOCCOCCOCCOCCOCCCCCCCCCC. The van der Waals surface area contributed by atoms with Gasteiger partial charge in [-0.3, -0.25) is 0 Å². The fourth-order valence-corrected chi connectivity index (χ4v) is 3.08. The van der Waals surface area contributed by atoms with E-state index in [9.17, 15) is 4.79 Å². The number of carbonyl (C=O) groups excluding carboxylic acids is 1. The Labute approximate surface area is 225 Å². The first-order valence-electron chi connectivity index (χ1n) is 14.0. The van der Waals surface area contributed by atoms with Gasteiger partial charge in [-0.1, -0.05) is 58.4 Å². The van der Waals surface area contributed by atoms with Gasteiger partial charge in [0.2, 0.25) is 0 Å². The summed E-state index contributed by atoms with van der Waals surface area (Å²) >= 11 is 0. The van der Waals surface area contributed by atoms with E-state index < -0.39 is 5.97 Å². The largest absolute Gasteiger partial charge is 0.460 e. The number of hydrogen-bond donors (Lipinski definition) is 0. The van der Waals surface area contributed by atoms with E-state index in [-0.39, 0.29) is 6.61 Å². The summed E-state index contributed by atoms with van der Waals surface area (Å²) in [6.45, 7) is 15.1. The van der Waals surface area contributed by atoms with Crippen molar-refractivity contribution >= 4 is 5.97 Å². The van der Waals surface area contributed by atoms with E-state index in [0.717, 1.165) is 13.0 Å². The third kappa shape index (κ3) is 31.0. The molecule has 0 heterocycles. The fraction of sp³-hybridized carbons (Fsp3) is 0.893. The first-order chi connectivity index (χ1) is 18.2. The summed E-state index contributed by atoms with van der Waals surface area (Å²) in [7, 11) is 0. The van der Waals surface area contributed by atoms with Crippen LogP contribution in [0.1, 0.15) is 65.2 Å². The number of unbranched alkanes of at least 4 members (excludes halogenated alkanes) is 7. The Morgan fingerprint density at radius 1 is 0.459 bits per heavy atom. The summed E-state index contributed by atoms with van der Waals surface area (Å²) in [6.07, 6.45) is 10.5. The van der Waals surface area contributed by atoms with Crippen LogP contribution in [-0.4, -0.2) is 105 Å². The molecule has 0 amide bonds. The number of esters is 1. The van der Waals surface area contributed by atoms with Gasteiger partial charge in [0.25, 0.3) is 0 Å². The summed E-state index contributed by atoms with van der Waals surface area (Å²) in [4.78, 5) is 11.2. The Hall–Kier alpha value is -1.07. The van der Waals surface area contributed by atoms with Gasteiger partial charge in [-0.2, -0.15) is 0 Å². The van der Waals surface area contributed by atoms with Gasteiger partial charge < -0.3 is 37.9 Å². The van der Waals surface area contributed by atoms with Crippen LogP contribution in [-0.2, 0) is 42.7 Å². The van der Waals surface area contributed by atoms with E-state index in [1.165, 1.54) is 44.9 Å². The van der Waals surface area contributed by atoms with Crippen molar-refractivity contribution in [3.8, 4) is 0 Å². The Kier molecular flexibility index (Phi) is 30.2. The molecule has 0 spiro atoms. The molecule has 0 aliphatic carbocycles. The van der Waals surface area contributed by atoms with E-state index in [2.05, 4.69) is 13.5 Å². The van der Waals surface area contributed by atoms with Crippen molar-refractivity contribution in [2.24, 2.45) is 0 Å². The zero-order valence-electron chi connectivity index (χ0n) is 23.6. The van der Waals surface area contributed by atoms with Crippen LogP contribution in [0.15, 0.2) is 12.2 Å². The normalized spacial score (nSPS) is 11.2. The maximum Gasteiger partial charge on any atom is 0.333 e. The minimum absolute atomic E-state index is 0.211. The highest BCUT2D eigenvalue weighted by atomic mass is 16.6. The van der Waals surface area contributed by atoms with Crippen molar-refractivity contribution in [1.82, 2.24) is 0 Å². The van der Waals surface area contributed by atoms with Crippen LogP contribution in [0.2, 0.25) is 0 Å². The maximum atomic E-state index is 11.2. The summed E-state index contributed by atoms with van der Waals surface area (Å²) in [5, 5.41) is 0. The number of rotatable bonds is 31. The molecule has 0 rings (SSSR count). The Bertz CT molecular complexity index is 488. The molecule has 0 saturated heterocycles. The summed E-state index contributed by atoms with van der Waals surface area (Å²) in [5.41, 5.74) is 0.379. The predicted octanol–water partition coefficient (Wildman–Crippen LogP) is 4.36. The van der Waals surface area contributed by atoms with Crippen LogP contribution in [0, 0.1) is 0 Å². The second-order valence-electron chi connectivity index (χ2n) is 8.68. The van der Waals surface area contributed by atoms with Crippen LogP contribution in [0.4, 0.5) is 0 Å². The standard InChI is InChI=1S/C28H54O9/c1-4-5-6-7-8-9-10-11-12-30-13-14-31-15-16-32-17-18-33-19-20-34-21-22-35-23-24-36-25-26-37-28(29)27(2)3/h2,4-26H2,1,3H3. The van der Waals surface area contributed by atoms with Gasteiger partial charge in [0, 0.05) is 12.2 Å². The number of hydrogen-bond acceptors (Lipinski definition) is 9. The van der Waals surface area contributed by atoms with Crippen molar-refractivity contribution in [3.63, 3.8) is 0 Å². The minimum Gasteiger partial charge on any atom is -0.460 e. The Balaban J connectivity index is 3.05. The molecular weight excluding hydrogens is 480 g/mol. The Morgan fingerprint density at radius 3 is 1.11 bits per heavy atom. The molecule has 37 heavy (non-hydrogen) atoms. The topological polar surface area (TPSA) is 90.9 Å². The second-order valence-corrected chi connectivity index (χ2v) is 8.68. The molecular formula is C28H54O9. The van der Waals surface area contributed by atoms with E-state index in [4.69, 9.17) is 37.9 Å². The molecule has 9 heteroatoms. The van der Waals surface area contributed by atoms with Crippen LogP contribution in [0.5, 0.6) is 0 Å². The molecule has 0 aromatic rings. The zero-order chi connectivity index (χ0) is 27.1. The predicted molar refractivity (Wildman–Crippen MR) is 144 cm³/mol. The van der Waals surface area contributed by atoms with E-state index >= 15 is 0 Å². The lowest BCUT2D eigenvalue weighted by atomic mass is 10.1. The monoisotopic (exact) mass is 534 g/mol. The molecule has 0 N–H and O–H groups in total. The Morgan fingerprint density at radius 2 is 0.757 bits per heavy atom. The molecule has 0 bridgehead atoms.